The van der Waals surface area contributed by atoms with E-state index in [1.165, 1.54) is 19.1 Å². The zero-order chi connectivity index (χ0) is 26.8. The second kappa shape index (κ2) is 8.30. The van der Waals surface area contributed by atoms with Gasteiger partial charge in [0, 0.05) is 22.8 Å². The van der Waals surface area contributed by atoms with E-state index >= 15 is 0 Å². The molecule has 0 amide bonds. The number of aliphatic hydroxyl groups is 3. The van der Waals surface area contributed by atoms with Crippen LogP contribution in [0, 0.1) is 10.8 Å². The maximum absolute atomic E-state index is 13.7. The van der Waals surface area contributed by atoms with Crippen molar-refractivity contribution < 1.29 is 44.3 Å². The Hall–Kier alpha value is -3.46. The summed E-state index contributed by atoms with van der Waals surface area (Å²) in [5.41, 5.74) is -6.00. The highest BCUT2D eigenvalue weighted by atomic mass is 16.5. The van der Waals surface area contributed by atoms with Crippen molar-refractivity contribution in [2.24, 2.45) is 10.8 Å². The van der Waals surface area contributed by atoms with Crippen LogP contribution in [0.25, 0.3) is 0 Å². The number of unbranched alkanes of at least 4 members (excludes halogenated alkanes) is 1. The SMILES string of the molecule is CCCCOC(=O)c1ccc(O)c2c1C[C@]1(C)C[C@]3(C)CC(O)=C(C(C)=O)C(=O)C3(O)C(O)=C1C2=O. The zero-order valence-electron chi connectivity index (χ0n) is 20.7. The molecule has 3 atom stereocenters. The summed E-state index contributed by atoms with van der Waals surface area (Å²) in [5, 5.41) is 44.1. The lowest BCUT2D eigenvalue weighted by molar-refractivity contribution is -0.158. The first kappa shape index (κ1) is 25.6. The highest BCUT2D eigenvalue weighted by Gasteiger charge is 2.67. The molecule has 4 rings (SSSR count). The molecule has 0 saturated heterocycles. The molecule has 36 heavy (non-hydrogen) atoms. The first-order valence-corrected chi connectivity index (χ1v) is 11.9. The van der Waals surface area contributed by atoms with E-state index in [1.54, 1.807) is 6.92 Å². The minimum absolute atomic E-state index is 0.0178. The Labute approximate surface area is 208 Å². The van der Waals surface area contributed by atoms with Gasteiger partial charge < -0.3 is 25.2 Å². The number of fused-ring (bicyclic) bond motifs is 3. The van der Waals surface area contributed by atoms with Crippen molar-refractivity contribution in [2.75, 3.05) is 6.61 Å². The third kappa shape index (κ3) is 3.32. The number of phenols is 1. The number of hydrogen-bond acceptors (Lipinski definition) is 9. The van der Waals surface area contributed by atoms with Gasteiger partial charge in [0.1, 0.15) is 22.8 Å². The number of esters is 1. The lowest BCUT2D eigenvalue weighted by Crippen LogP contribution is -2.63. The predicted molar refractivity (Wildman–Crippen MR) is 127 cm³/mol. The number of aliphatic hydroxyl groups excluding tert-OH is 2. The van der Waals surface area contributed by atoms with Gasteiger partial charge in [-0.3, -0.25) is 14.4 Å². The minimum Gasteiger partial charge on any atom is -0.511 e. The van der Waals surface area contributed by atoms with Crippen LogP contribution < -0.4 is 0 Å². The fourth-order valence-electron chi connectivity index (χ4n) is 6.23. The molecule has 3 aliphatic carbocycles. The number of hydrogen-bond donors (Lipinski definition) is 4. The zero-order valence-corrected chi connectivity index (χ0v) is 20.7. The van der Waals surface area contributed by atoms with Gasteiger partial charge in [0.25, 0.3) is 0 Å². The van der Waals surface area contributed by atoms with Crippen LogP contribution in [0.5, 0.6) is 5.75 Å². The first-order valence-electron chi connectivity index (χ1n) is 11.9. The van der Waals surface area contributed by atoms with Crippen molar-refractivity contribution in [3.8, 4) is 5.75 Å². The van der Waals surface area contributed by atoms with Crippen molar-refractivity contribution in [1.29, 1.82) is 0 Å². The maximum Gasteiger partial charge on any atom is 0.338 e. The minimum atomic E-state index is -2.63. The Morgan fingerprint density at radius 2 is 1.75 bits per heavy atom. The smallest absolute Gasteiger partial charge is 0.338 e. The quantitative estimate of drug-likeness (QED) is 0.271. The Morgan fingerprint density at radius 1 is 1.08 bits per heavy atom. The molecule has 192 valence electrons. The van der Waals surface area contributed by atoms with Crippen LogP contribution in [0.3, 0.4) is 0 Å². The number of Topliss-reactive ketones (excluding diaryl/α,β-unsaturated/α-hetero) is 3. The average Bonchev–Trinajstić information content (AvgIpc) is 2.76. The van der Waals surface area contributed by atoms with Gasteiger partial charge in [-0.05, 0) is 43.9 Å². The molecule has 3 aliphatic rings. The molecular weight excluding hydrogens is 468 g/mol. The summed E-state index contributed by atoms with van der Waals surface area (Å²) in [7, 11) is 0. The van der Waals surface area contributed by atoms with Gasteiger partial charge in [-0.1, -0.05) is 27.2 Å². The molecule has 1 aromatic carbocycles. The molecule has 0 heterocycles. The Morgan fingerprint density at radius 3 is 2.36 bits per heavy atom. The number of ether oxygens (including phenoxy) is 1. The summed E-state index contributed by atoms with van der Waals surface area (Å²) < 4.78 is 5.33. The summed E-state index contributed by atoms with van der Waals surface area (Å²) in [6.07, 6.45) is 1.17. The van der Waals surface area contributed by atoms with Crippen LogP contribution >= 0.6 is 0 Å². The van der Waals surface area contributed by atoms with Gasteiger partial charge in [-0.15, -0.1) is 0 Å². The molecule has 0 saturated carbocycles. The van der Waals surface area contributed by atoms with Gasteiger partial charge in [0.2, 0.25) is 5.78 Å². The third-order valence-electron chi connectivity index (χ3n) is 7.85. The van der Waals surface area contributed by atoms with E-state index < -0.39 is 62.6 Å². The van der Waals surface area contributed by atoms with E-state index in [2.05, 4.69) is 0 Å². The monoisotopic (exact) mass is 498 g/mol. The number of ketones is 3. The van der Waals surface area contributed by atoms with E-state index in [9.17, 15) is 39.6 Å². The summed E-state index contributed by atoms with van der Waals surface area (Å²) >= 11 is 0. The van der Waals surface area contributed by atoms with E-state index in [0.29, 0.717) is 6.42 Å². The van der Waals surface area contributed by atoms with Gasteiger partial charge in [-0.25, -0.2) is 4.79 Å². The fourth-order valence-corrected chi connectivity index (χ4v) is 6.23. The molecule has 1 aromatic rings. The van der Waals surface area contributed by atoms with Crippen molar-refractivity contribution in [1.82, 2.24) is 0 Å². The molecule has 0 radical (unpaired) electrons. The van der Waals surface area contributed by atoms with Crippen molar-refractivity contribution in [2.45, 2.75) is 65.4 Å². The first-order chi connectivity index (χ1) is 16.7. The van der Waals surface area contributed by atoms with Crippen molar-refractivity contribution in [3.05, 3.63) is 51.5 Å². The number of aromatic hydroxyl groups is 1. The molecule has 0 bridgehead atoms. The van der Waals surface area contributed by atoms with Gasteiger partial charge in [0.05, 0.1) is 17.7 Å². The number of rotatable bonds is 5. The van der Waals surface area contributed by atoms with Crippen molar-refractivity contribution >= 4 is 23.3 Å². The molecule has 0 aromatic heterocycles. The number of carbonyl (C=O) groups is 4. The molecule has 9 nitrogen and oxygen atoms in total. The summed E-state index contributed by atoms with van der Waals surface area (Å²) in [5.74, 6) is -5.23. The van der Waals surface area contributed by atoms with Crippen LogP contribution in [0.1, 0.15) is 79.7 Å². The second-order valence-electron chi connectivity index (χ2n) is 10.6. The summed E-state index contributed by atoms with van der Waals surface area (Å²) in [4.78, 5) is 52.0. The third-order valence-corrected chi connectivity index (χ3v) is 7.85. The van der Waals surface area contributed by atoms with E-state index in [-0.39, 0.29) is 48.1 Å². The van der Waals surface area contributed by atoms with Gasteiger partial charge in [0.15, 0.2) is 17.2 Å². The predicted octanol–water partition coefficient (Wildman–Crippen LogP) is 3.42. The Bertz CT molecular complexity index is 1290. The van der Waals surface area contributed by atoms with Crippen LogP contribution in [0.4, 0.5) is 0 Å². The number of benzene rings is 1. The molecule has 0 spiro atoms. The number of phenolic OH excluding ortho intramolecular Hbond substituents is 1. The Kier molecular flexibility index (Phi) is 5.91. The standard InChI is InChI=1S/C27H30O9/c1-5-6-9-36-24(34)14-7-8-16(29)19-15(14)10-25(3)12-26(4)11-17(30)18(13(2)28)22(32)27(26,35)23(33)20(25)21(19)31/h7-8,29-30,33,35H,5-6,9-12H2,1-4H3/t25-,26+,27?/m1/s1. The molecular formula is C27H30O9. The lowest BCUT2D eigenvalue weighted by Gasteiger charge is -2.55. The van der Waals surface area contributed by atoms with Crippen LogP contribution in [0.2, 0.25) is 0 Å². The maximum atomic E-state index is 13.7. The van der Waals surface area contributed by atoms with Gasteiger partial charge in [-0.2, -0.15) is 0 Å². The normalized spacial score (nSPS) is 29.5. The summed E-state index contributed by atoms with van der Waals surface area (Å²) in [6, 6.07) is 2.57. The van der Waals surface area contributed by atoms with Crippen molar-refractivity contribution in [3.63, 3.8) is 0 Å². The fraction of sp³-hybridized carbons (Fsp3) is 0.481. The number of allylic oxidation sites excluding steroid dienone is 2. The van der Waals surface area contributed by atoms with Crippen LogP contribution in [-0.2, 0) is 20.7 Å². The largest absolute Gasteiger partial charge is 0.511 e. The molecule has 1 unspecified atom stereocenters. The highest BCUT2D eigenvalue weighted by molar-refractivity contribution is 6.25. The average molecular weight is 499 g/mol. The van der Waals surface area contributed by atoms with E-state index in [1.807, 2.05) is 6.92 Å². The Balaban J connectivity index is 1.92. The highest BCUT2D eigenvalue weighted by Crippen LogP contribution is 2.62. The second-order valence-corrected chi connectivity index (χ2v) is 10.6. The lowest BCUT2D eigenvalue weighted by atomic mass is 9.48. The van der Waals surface area contributed by atoms with E-state index in [0.717, 1.165) is 13.3 Å². The van der Waals surface area contributed by atoms with E-state index in [4.69, 9.17) is 4.74 Å². The molecule has 0 aliphatic heterocycles. The van der Waals surface area contributed by atoms with Crippen LogP contribution in [-0.4, -0.2) is 56.0 Å². The molecule has 4 N–H and O–H groups in total. The summed E-state index contributed by atoms with van der Waals surface area (Å²) in [6.45, 7) is 6.36. The van der Waals surface area contributed by atoms with Gasteiger partial charge >= 0.3 is 5.97 Å². The number of carbonyl (C=O) groups excluding carboxylic acids is 4. The molecule has 9 heteroatoms. The topological polar surface area (TPSA) is 158 Å². The molecule has 0 fully saturated rings. The van der Waals surface area contributed by atoms with Crippen LogP contribution in [0.15, 0.2) is 34.8 Å².